The van der Waals surface area contributed by atoms with Crippen molar-refractivity contribution in [3.05, 3.63) is 42.0 Å². The summed E-state index contributed by atoms with van der Waals surface area (Å²) in [6, 6.07) is 8.88. The summed E-state index contributed by atoms with van der Waals surface area (Å²) in [5, 5.41) is 10.7. The molecule has 0 heterocycles. The highest BCUT2D eigenvalue weighted by atomic mass is 35.5. The molecule has 0 saturated carbocycles. The average molecular weight is 525 g/mol. The molecule has 36 heavy (non-hydrogen) atoms. The summed E-state index contributed by atoms with van der Waals surface area (Å²) in [6.07, 6.45) is 4.85. The van der Waals surface area contributed by atoms with E-state index in [9.17, 15) is 19.6 Å². The lowest BCUT2D eigenvalue weighted by molar-refractivity contribution is -0.148. The molecule has 0 bridgehead atoms. The van der Waals surface area contributed by atoms with Gasteiger partial charge in [0.1, 0.15) is 0 Å². The molecule has 1 aromatic rings. The van der Waals surface area contributed by atoms with Crippen molar-refractivity contribution >= 4 is 36.2 Å². The standard InChI is InChI=1S/C27H44N4O4.ClH/c1-18(2)15-23(22(26(33)30-35)14-10-13-21-11-8-7-9-12-21)25(32)29-31(17-20(5)6)27(34)24(28)16-19(3)4;/h7-13,18-20,22-24,35H,14-17,28H2,1-6H3,(H,29,32)(H,30,33);1H/b13-10+;/t22-,23+,24+;/m0./s1. The second kappa shape index (κ2) is 17.1. The molecule has 0 radical (unpaired) electrons. The minimum absolute atomic E-state index is 0. The topological polar surface area (TPSA) is 125 Å². The van der Waals surface area contributed by atoms with E-state index in [4.69, 9.17) is 5.73 Å². The van der Waals surface area contributed by atoms with Crippen molar-refractivity contribution in [3.63, 3.8) is 0 Å². The number of hydrazine groups is 1. The Morgan fingerprint density at radius 1 is 0.917 bits per heavy atom. The predicted molar refractivity (Wildman–Crippen MR) is 146 cm³/mol. The van der Waals surface area contributed by atoms with Crippen LogP contribution in [0.4, 0.5) is 0 Å². The van der Waals surface area contributed by atoms with Gasteiger partial charge in [-0.3, -0.25) is 30.0 Å². The normalized spacial score (nSPS) is 13.9. The number of hydrogen-bond donors (Lipinski definition) is 4. The van der Waals surface area contributed by atoms with Crippen LogP contribution in [0.5, 0.6) is 0 Å². The van der Waals surface area contributed by atoms with Gasteiger partial charge < -0.3 is 5.73 Å². The van der Waals surface area contributed by atoms with Crippen molar-refractivity contribution in [2.45, 2.75) is 66.8 Å². The van der Waals surface area contributed by atoms with Crippen molar-refractivity contribution in [2.75, 3.05) is 6.54 Å². The first kappa shape index (κ1) is 33.6. The van der Waals surface area contributed by atoms with Crippen LogP contribution in [0.2, 0.25) is 0 Å². The maximum atomic E-state index is 13.5. The van der Waals surface area contributed by atoms with Crippen molar-refractivity contribution in [2.24, 2.45) is 35.3 Å². The number of rotatable bonds is 13. The van der Waals surface area contributed by atoms with E-state index in [1.165, 1.54) is 5.01 Å². The molecule has 3 amide bonds. The number of hydroxylamine groups is 1. The largest absolute Gasteiger partial charge is 0.320 e. The van der Waals surface area contributed by atoms with Gasteiger partial charge in [0.25, 0.3) is 5.91 Å². The van der Waals surface area contributed by atoms with E-state index in [1.54, 1.807) is 5.48 Å². The summed E-state index contributed by atoms with van der Waals surface area (Å²) in [6.45, 7) is 12.1. The Morgan fingerprint density at radius 3 is 2.00 bits per heavy atom. The molecule has 0 fully saturated rings. The number of nitrogens with zero attached hydrogens (tertiary/aromatic N) is 1. The number of halogens is 1. The lowest BCUT2D eigenvalue weighted by atomic mass is 9.82. The maximum absolute atomic E-state index is 13.5. The molecule has 8 nitrogen and oxygen atoms in total. The third kappa shape index (κ3) is 12.0. The molecular weight excluding hydrogens is 480 g/mol. The number of allylic oxidation sites excluding steroid dienone is 1. The Hall–Kier alpha value is -2.42. The van der Waals surface area contributed by atoms with Crippen LogP contribution in [0.1, 0.15) is 66.4 Å². The summed E-state index contributed by atoms with van der Waals surface area (Å²) >= 11 is 0. The first-order chi connectivity index (χ1) is 16.5. The van der Waals surface area contributed by atoms with E-state index in [0.717, 1.165) is 5.56 Å². The highest BCUT2D eigenvalue weighted by Gasteiger charge is 2.35. The number of nitrogens with one attached hydrogen (secondary N) is 2. The van der Waals surface area contributed by atoms with Crippen molar-refractivity contribution in [1.29, 1.82) is 0 Å². The predicted octanol–water partition coefficient (Wildman–Crippen LogP) is 4.18. The van der Waals surface area contributed by atoms with Gasteiger partial charge in [-0.2, -0.15) is 0 Å². The Morgan fingerprint density at radius 2 is 1.50 bits per heavy atom. The van der Waals surface area contributed by atoms with Crippen LogP contribution < -0.4 is 16.6 Å². The van der Waals surface area contributed by atoms with Crippen LogP contribution in [0.15, 0.2) is 36.4 Å². The van der Waals surface area contributed by atoms with Gasteiger partial charge in [-0.05, 0) is 42.6 Å². The fourth-order valence-corrected chi connectivity index (χ4v) is 3.99. The molecule has 0 saturated heterocycles. The summed E-state index contributed by atoms with van der Waals surface area (Å²) in [4.78, 5) is 39.2. The number of benzene rings is 1. The molecule has 1 rings (SSSR count). The van der Waals surface area contributed by atoms with Gasteiger partial charge in [0.05, 0.1) is 17.9 Å². The zero-order valence-corrected chi connectivity index (χ0v) is 23.3. The van der Waals surface area contributed by atoms with Crippen LogP contribution >= 0.6 is 12.4 Å². The monoisotopic (exact) mass is 524 g/mol. The van der Waals surface area contributed by atoms with E-state index in [-0.39, 0.29) is 42.5 Å². The van der Waals surface area contributed by atoms with Crippen LogP contribution in [0.3, 0.4) is 0 Å². The summed E-state index contributed by atoms with van der Waals surface area (Å²) in [5.41, 5.74) is 11.6. The van der Waals surface area contributed by atoms with Crippen molar-refractivity contribution in [3.8, 4) is 0 Å². The SMILES string of the molecule is CC(C)C[C@@H](N)C(=O)N(CC(C)C)NC(=O)[C@H](CC(C)C)[C@H](C/C=C/c1ccccc1)C(=O)NO.Cl. The van der Waals surface area contributed by atoms with E-state index in [2.05, 4.69) is 5.43 Å². The van der Waals surface area contributed by atoms with Crippen LogP contribution in [0.25, 0.3) is 6.08 Å². The zero-order chi connectivity index (χ0) is 26.5. The summed E-state index contributed by atoms with van der Waals surface area (Å²) in [7, 11) is 0. The molecule has 1 aromatic carbocycles. The van der Waals surface area contributed by atoms with Crippen LogP contribution in [-0.4, -0.2) is 40.5 Å². The van der Waals surface area contributed by atoms with Gasteiger partial charge in [-0.1, -0.05) is 84.0 Å². The first-order valence-electron chi connectivity index (χ1n) is 12.5. The molecule has 0 aliphatic carbocycles. The van der Waals surface area contributed by atoms with Gasteiger partial charge in [0.15, 0.2) is 0 Å². The molecule has 3 atom stereocenters. The molecule has 204 valence electrons. The minimum Gasteiger partial charge on any atom is -0.320 e. The summed E-state index contributed by atoms with van der Waals surface area (Å²) in [5.74, 6) is -2.57. The molecule has 0 unspecified atom stereocenters. The van der Waals surface area contributed by atoms with E-state index < -0.39 is 29.7 Å². The fraction of sp³-hybridized carbons (Fsp3) is 0.593. The Labute approximate surface area is 222 Å². The lowest BCUT2D eigenvalue weighted by Crippen LogP contribution is -2.56. The maximum Gasteiger partial charge on any atom is 0.257 e. The number of hydrogen-bond acceptors (Lipinski definition) is 5. The van der Waals surface area contributed by atoms with E-state index in [0.29, 0.717) is 19.4 Å². The third-order valence-corrected chi connectivity index (χ3v) is 5.60. The molecular formula is C27H45ClN4O4. The second-order valence-electron chi connectivity index (χ2n) is 10.4. The van der Waals surface area contributed by atoms with E-state index in [1.807, 2.05) is 84.0 Å². The van der Waals surface area contributed by atoms with Gasteiger partial charge in [0.2, 0.25) is 11.8 Å². The Kier molecular flexibility index (Phi) is 16.0. The van der Waals surface area contributed by atoms with Crippen molar-refractivity contribution in [1.82, 2.24) is 15.9 Å². The van der Waals surface area contributed by atoms with Crippen LogP contribution in [0, 0.1) is 29.6 Å². The molecule has 0 spiro atoms. The molecule has 9 heteroatoms. The quantitative estimate of drug-likeness (QED) is 0.227. The highest BCUT2D eigenvalue weighted by Crippen LogP contribution is 2.26. The summed E-state index contributed by atoms with van der Waals surface area (Å²) < 4.78 is 0. The number of carbonyl (C=O) groups is 3. The lowest BCUT2D eigenvalue weighted by Gasteiger charge is -2.32. The molecule has 5 N–H and O–H groups in total. The Balaban J connectivity index is 0.0000122. The number of carbonyl (C=O) groups excluding carboxylic acids is 3. The third-order valence-electron chi connectivity index (χ3n) is 5.60. The van der Waals surface area contributed by atoms with Gasteiger partial charge in [-0.25, -0.2) is 5.48 Å². The number of amides is 3. The molecule has 0 aromatic heterocycles. The molecule has 0 aliphatic rings. The number of nitrogens with two attached hydrogens (primary N) is 1. The first-order valence-corrected chi connectivity index (χ1v) is 12.5. The minimum atomic E-state index is -0.817. The van der Waals surface area contributed by atoms with Gasteiger partial charge in [-0.15, -0.1) is 12.4 Å². The van der Waals surface area contributed by atoms with Crippen LogP contribution in [-0.2, 0) is 14.4 Å². The fourth-order valence-electron chi connectivity index (χ4n) is 3.99. The van der Waals surface area contributed by atoms with E-state index >= 15 is 0 Å². The average Bonchev–Trinajstić information content (AvgIpc) is 2.79. The van der Waals surface area contributed by atoms with Gasteiger partial charge in [0, 0.05) is 6.54 Å². The zero-order valence-electron chi connectivity index (χ0n) is 22.4. The Bertz CT molecular complexity index is 830. The smallest absolute Gasteiger partial charge is 0.257 e. The van der Waals surface area contributed by atoms with Crippen molar-refractivity contribution < 1.29 is 19.6 Å². The molecule has 0 aliphatic heterocycles. The van der Waals surface area contributed by atoms with Gasteiger partial charge >= 0.3 is 0 Å². The highest BCUT2D eigenvalue weighted by molar-refractivity contribution is 5.89. The second-order valence-corrected chi connectivity index (χ2v) is 10.4.